The average Bonchev–Trinajstić information content (AvgIpc) is 3.13. The van der Waals surface area contributed by atoms with Crippen LogP contribution in [0.1, 0.15) is 11.1 Å². The van der Waals surface area contributed by atoms with Crippen LogP contribution in [0.4, 0.5) is 11.4 Å². The van der Waals surface area contributed by atoms with E-state index in [4.69, 9.17) is 4.42 Å². The molecule has 8 nitrogen and oxygen atoms in total. The Morgan fingerprint density at radius 1 is 1.19 bits per heavy atom. The molecule has 0 aliphatic rings. The van der Waals surface area contributed by atoms with Crippen molar-refractivity contribution in [2.75, 3.05) is 11.1 Å². The summed E-state index contributed by atoms with van der Waals surface area (Å²) in [7, 11) is 0. The number of nitro groups is 1. The van der Waals surface area contributed by atoms with Crippen LogP contribution in [0, 0.1) is 24.0 Å². The van der Waals surface area contributed by atoms with E-state index in [0.29, 0.717) is 5.56 Å². The molecule has 0 spiro atoms. The minimum Gasteiger partial charge on any atom is -0.411 e. The first-order valence-corrected chi connectivity index (χ1v) is 9.00. The third-order valence-corrected chi connectivity index (χ3v) is 4.76. The van der Waals surface area contributed by atoms with Crippen LogP contribution in [-0.4, -0.2) is 26.8 Å². The van der Waals surface area contributed by atoms with E-state index in [0.717, 1.165) is 28.6 Å². The van der Waals surface area contributed by atoms with E-state index >= 15 is 0 Å². The topological polar surface area (TPSA) is 111 Å². The van der Waals surface area contributed by atoms with E-state index in [1.807, 2.05) is 32.0 Å². The fraction of sp³-hybridized carbons (Fsp3) is 0.167. The van der Waals surface area contributed by atoms with Crippen LogP contribution in [-0.2, 0) is 4.79 Å². The predicted molar refractivity (Wildman–Crippen MR) is 102 cm³/mol. The number of carbonyl (C=O) groups excluding carboxylic acids is 1. The van der Waals surface area contributed by atoms with Gasteiger partial charge in [-0.25, -0.2) is 0 Å². The van der Waals surface area contributed by atoms with Gasteiger partial charge < -0.3 is 9.73 Å². The normalized spacial score (nSPS) is 10.6. The van der Waals surface area contributed by atoms with Crippen molar-refractivity contribution in [3.8, 4) is 11.5 Å². The number of anilines is 1. The van der Waals surface area contributed by atoms with Gasteiger partial charge in [-0.3, -0.25) is 14.9 Å². The molecule has 0 aliphatic carbocycles. The van der Waals surface area contributed by atoms with Gasteiger partial charge >= 0.3 is 0 Å². The van der Waals surface area contributed by atoms with E-state index in [9.17, 15) is 14.9 Å². The molecule has 1 heterocycles. The number of amides is 1. The van der Waals surface area contributed by atoms with Gasteiger partial charge in [0, 0.05) is 23.4 Å². The number of nitro benzene ring substituents is 1. The lowest BCUT2D eigenvalue weighted by atomic mass is 10.1. The monoisotopic (exact) mass is 384 g/mol. The van der Waals surface area contributed by atoms with E-state index in [1.165, 1.54) is 24.3 Å². The lowest BCUT2D eigenvalue weighted by Crippen LogP contribution is -2.15. The van der Waals surface area contributed by atoms with Gasteiger partial charge in [0.1, 0.15) is 0 Å². The van der Waals surface area contributed by atoms with Crippen molar-refractivity contribution < 1.29 is 14.1 Å². The molecule has 0 saturated carbocycles. The highest BCUT2D eigenvalue weighted by Gasteiger charge is 2.13. The van der Waals surface area contributed by atoms with Crippen LogP contribution in [0.25, 0.3) is 11.5 Å². The Labute approximate surface area is 159 Å². The molecule has 1 amide bonds. The standard InChI is InChI=1S/C18H16N4O4S/c1-11-4-3-5-15(12(11)2)19-16(23)10-27-18-21-20-17(26-18)13-6-8-14(9-7-13)22(24)25/h3-9H,10H2,1-2H3,(H,19,23). The minimum absolute atomic E-state index is 0.0176. The predicted octanol–water partition coefficient (Wildman–Crippen LogP) is 3.99. The van der Waals surface area contributed by atoms with Gasteiger partial charge in [-0.1, -0.05) is 23.9 Å². The van der Waals surface area contributed by atoms with Crippen molar-refractivity contribution in [1.29, 1.82) is 0 Å². The van der Waals surface area contributed by atoms with Gasteiger partial charge in [0.15, 0.2) is 0 Å². The molecule has 3 rings (SSSR count). The number of thioether (sulfide) groups is 1. The largest absolute Gasteiger partial charge is 0.411 e. The summed E-state index contributed by atoms with van der Waals surface area (Å²) in [6, 6.07) is 11.5. The SMILES string of the molecule is Cc1cccc(NC(=O)CSc2nnc(-c3ccc([N+](=O)[O-])cc3)o2)c1C. The second-order valence-corrected chi connectivity index (χ2v) is 6.69. The molecule has 0 atom stereocenters. The summed E-state index contributed by atoms with van der Waals surface area (Å²) in [5, 5.41) is 21.6. The lowest BCUT2D eigenvalue weighted by Gasteiger charge is -2.09. The van der Waals surface area contributed by atoms with Crippen molar-refractivity contribution >= 4 is 29.0 Å². The number of hydrogen-bond donors (Lipinski definition) is 1. The molecule has 2 aromatic carbocycles. The molecule has 0 aliphatic heterocycles. The maximum absolute atomic E-state index is 12.1. The van der Waals surface area contributed by atoms with Crippen molar-refractivity contribution in [3.63, 3.8) is 0 Å². The summed E-state index contributed by atoms with van der Waals surface area (Å²) >= 11 is 1.12. The van der Waals surface area contributed by atoms with Gasteiger partial charge in [0.25, 0.3) is 10.9 Å². The van der Waals surface area contributed by atoms with Crippen LogP contribution >= 0.6 is 11.8 Å². The van der Waals surface area contributed by atoms with Crippen LogP contribution < -0.4 is 5.32 Å². The number of hydrogen-bond acceptors (Lipinski definition) is 7. The van der Waals surface area contributed by atoms with Crippen LogP contribution in [0.15, 0.2) is 52.1 Å². The van der Waals surface area contributed by atoms with Crippen LogP contribution in [0.3, 0.4) is 0 Å². The molecule has 1 N–H and O–H groups in total. The first-order valence-electron chi connectivity index (χ1n) is 8.01. The Bertz CT molecular complexity index is 985. The summed E-state index contributed by atoms with van der Waals surface area (Å²) in [5.41, 5.74) is 3.45. The van der Waals surface area contributed by atoms with Gasteiger partial charge in [-0.05, 0) is 43.2 Å². The highest BCUT2D eigenvalue weighted by atomic mass is 32.2. The van der Waals surface area contributed by atoms with Crippen molar-refractivity contribution in [3.05, 3.63) is 63.7 Å². The van der Waals surface area contributed by atoms with Gasteiger partial charge in [-0.15, -0.1) is 10.2 Å². The molecule has 0 unspecified atom stereocenters. The molecule has 0 fully saturated rings. The highest BCUT2D eigenvalue weighted by Crippen LogP contribution is 2.25. The number of non-ortho nitro benzene ring substituents is 1. The average molecular weight is 384 g/mol. The first kappa shape index (κ1) is 18.6. The van der Waals surface area contributed by atoms with E-state index < -0.39 is 4.92 Å². The highest BCUT2D eigenvalue weighted by molar-refractivity contribution is 7.99. The molecule has 1 aromatic heterocycles. The number of benzene rings is 2. The lowest BCUT2D eigenvalue weighted by molar-refractivity contribution is -0.384. The fourth-order valence-electron chi connectivity index (χ4n) is 2.31. The van der Waals surface area contributed by atoms with E-state index in [2.05, 4.69) is 15.5 Å². The third kappa shape index (κ3) is 4.50. The van der Waals surface area contributed by atoms with Crippen molar-refractivity contribution in [2.24, 2.45) is 0 Å². The quantitative estimate of drug-likeness (QED) is 0.388. The van der Waals surface area contributed by atoms with Crippen LogP contribution in [0.5, 0.6) is 0 Å². The zero-order chi connectivity index (χ0) is 19.4. The van der Waals surface area contributed by atoms with Gasteiger partial charge in [0.05, 0.1) is 10.7 Å². The number of aromatic nitrogens is 2. The van der Waals surface area contributed by atoms with Crippen molar-refractivity contribution in [1.82, 2.24) is 10.2 Å². The Balaban J connectivity index is 1.60. The summed E-state index contributed by atoms with van der Waals surface area (Å²) in [4.78, 5) is 22.3. The van der Waals surface area contributed by atoms with Crippen LogP contribution in [0.2, 0.25) is 0 Å². The minimum atomic E-state index is -0.479. The van der Waals surface area contributed by atoms with E-state index in [1.54, 1.807) is 0 Å². The Morgan fingerprint density at radius 2 is 1.93 bits per heavy atom. The number of carbonyl (C=O) groups is 1. The zero-order valence-electron chi connectivity index (χ0n) is 14.6. The third-order valence-electron chi connectivity index (χ3n) is 3.94. The maximum Gasteiger partial charge on any atom is 0.277 e. The molecule has 9 heteroatoms. The zero-order valence-corrected chi connectivity index (χ0v) is 15.4. The Kier molecular flexibility index (Phi) is 5.51. The molecular weight excluding hydrogens is 368 g/mol. The summed E-state index contributed by atoms with van der Waals surface area (Å²) in [6.45, 7) is 3.93. The molecule has 0 bridgehead atoms. The first-order chi connectivity index (χ1) is 12.9. The number of nitrogens with one attached hydrogen (secondary N) is 1. The van der Waals surface area contributed by atoms with E-state index in [-0.39, 0.29) is 28.5 Å². The second-order valence-electron chi connectivity index (χ2n) is 5.76. The maximum atomic E-state index is 12.1. The molecule has 0 radical (unpaired) electrons. The second kappa shape index (κ2) is 8.00. The smallest absolute Gasteiger partial charge is 0.277 e. The Hall–Kier alpha value is -3.20. The number of nitrogens with zero attached hydrogens (tertiary/aromatic N) is 3. The summed E-state index contributed by atoms with van der Waals surface area (Å²) in [6.07, 6.45) is 0. The molecule has 138 valence electrons. The number of aryl methyl sites for hydroxylation is 1. The molecule has 27 heavy (non-hydrogen) atoms. The van der Waals surface area contributed by atoms with Gasteiger partial charge in [0.2, 0.25) is 11.8 Å². The molecule has 0 saturated heterocycles. The molecular formula is C18H16N4O4S. The Morgan fingerprint density at radius 3 is 2.63 bits per heavy atom. The van der Waals surface area contributed by atoms with Crippen molar-refractivity contribution in [2.45, 2.75) is 19.1 Å². The number of rotatable bonds is 6. The molecule has 3 aromatic rings. The fourth-order valence-corrected chi connectivity index (χ4v) is 2.87. The summed E-state index contributed by atoms with van der Waals surface area (Å²) < 4.78 is 5.50. The summed E-state index contributed by atoms with van der Waals surface area (Å²) in [5.74, 6) is 0.182. The van der Waals surface area contributed by atoms with Gasteiger partial charge in [-0.2, -0.15) is 0 Å².